The zero-order chi connectivity index (χ0) is 14.6. The van der Waals surface area contributed by atoms with Crippen LogP contribution in [0.25, 0.3) is 0 Å². The summed E-state index contributed by atoms with van der Waals surface area (Å²) in [6.45, 7) is 5.93. The first kappa shape index (κ1) is 15.1. The van der Waals surface area contributed by atoms with Crippen molar-refractivity contribution in [2.24, 2.45) is 10.6 Å². The van der Waals surface area contributed by atoms with E-state index in [4.69, 9.17) is 9.94 Å². The second-order valence-corrected chi connectivity index (χ2v) is 4.90. The van der Waals surface area contributed by atoms with Gasteiger partial charge in [0.15, 0.2) is 0 Å². The van der Waals surface area contributed by atoms with Crippen molar-refractivity contribution < 1.29 is 14.9 Å². The van der Waals surface area contributed by atoms with Crippen molar-refractivity contribution in [2.45, 2.75) is 27.3 Å². The second kappa shape index (κ2) is 5.79. The molecule has 0 fully saturated rings. The van der Waals surface area contributed by atoms with Crippen molar-refractivity contribution in [3.8, 4) is 0 Å². The van der Waals surface area contributed by atoms with E-state index in [1.807, 2.05) is 13.8 Å². The fourth-order valence-corrected chi connectivity index (χ4v) is 1.76. The van der Waals surface area contributed by atoms with Gasteiger partial charge >= 0.3 is 5.82 Å². The van der Waals surface area contributed by atoms with Gasteiger partial charge in [0.05, 0.1) is 18.9 Å². The van der Waals surface area contributed by atoms with Gasteiger partial charge in [-0.25, -0.2) is 0 Å². The minimum absolute atomic E-state index is 0.193. The van der Waals surface area contributed by atoms with Crippen LogP contribution in [-0.2, 0) is 11.3 Å². The summed E-state index contributed by atoms with van der Waals surface area (Å²) >= 11 is 0. The third-order valence-corrected chi connectivity index (χ3v) is 2.97. The first-order valence-electron chi connectivity index (χ1n) is 5.70. The Hall–Kier alpha value is -1.96. The molecular formula is C11H18N4O4. The molecule has 1 rings (SSSR count). The predicted molar refractivity (Wildman–Crippen MR) is 68.5 cm³/mol. The number of aromatic nitrogens is 2. The van der Waals surface area contributed by atoms with Crippen LogP contribution < -0.4 is 0 Å². The topological polar surface area (TPSA) is 103 Å². The Balaban J connectivity index is 2.98. The molecule has 1 aromatic rings. The van der Waals surface area contributed by atoms with Gasteiger partial charge in [-0.15, -0.1) is 0 Å². The molecule has 0 radical (unpaired) electrons. The lowest BCUT2D eigenvalue weighted by Gasteiger charge is -2.24. The molecule has 0 atom stereocenters. The normalized spacial score (nSPS) is 12.7. The molecule has 8 nitrogen and oxygen atoms in total. The third-order valence-electron chi connectivity index (χ3n) is 2.97. The van der Waals surface area contributed by atoms with Crippen molar-refractivity contribution in [1.29, 1.82) is 0 Å². The standard InChI is InChI=1S/C11H18N4O4/c1-8-10(15(17)18)12-7-14(8)5-9(13-16)11(2,3)6-19-4/h7,16H,5-6H2,1-4H3. The number of imidazole rings is 1. The quantitative estimate of drug-likeness (QED) is 0.366. The molecule has 8 heteroatoms. The summed E-state index contributed by atoms with van der Waals surface area (Å²) < 4.78 is 6.65. The van der Waals surface area contributed by atoms with E-state index >= 15 is 0 Å². The van der Waals surface area contributed by atoms with E-state index in [0.717, 1.165) is 0 Å². The van der Waals surface area contributed by atoms with Crippen LogP contribution in [0.2, 0.25) is 0 Å². The number of rotatable bonds is 6. The van der Waals surface area contributed by atoms with E-state index in [2.05, 4.69) is 10.1 Å². The van der Waals surface area contributed by atoms with Crippen LogP contribution in [-0.4, -0.2) is 39.1 Å². The van der Waals surface area contributed by atoms with Crippen LogP contribution in [0.3, 0.4) is 0 Å². The Morgan fingerprint density at radius 3 is 2.74 bits per heavy atom. The molecule has 1 N–H and O–H groups in total. The molecule has 0 bridgehead atoms. The Kier molecular flexibility index (Phi) is 4.60. The van der Waals surface area contributed by atoms with Crippen LogP contribution in [0.4, 0.5) is 5.82 Å². The minimum atomic E-state index is -0.540. The molecule has 19 heavy (non-hydrogen) atoms. The molecule has 0 saturated carbocycles. The van der Waals surface area contributed by atoms with Gasteiger partial charge in [0.2, 0.25) is 6.33 Å². The molecule has 0 saturated heterocycles. The van der Waals surface area contributed by atoms with Crippen molar-refractivity contribution in [3.63, 3.8) is 0 Å². The highest BCUT2D eigenvalue weighted by atomic mass is 16.6. The van der Waals surface area contributed by atoms with Gasteiger partial charge in [0.1, 0.15) is 5.69 Å². The highest BCUT2D eigenvalue weighted by Gasteiger charge is 2.28. The smallest absolute Gasteiger partial charge is 0.384 e. The SMILES string of the molecule is COCC(C)(C)C(Cn1cnc([N+](=O)[O-])c1C)=NO. The maximum absolute atomic E-state index is 10.7. The van der Waals surface area contributed by atoms with Gasteiger partial charge in [-0.3, -0.25) is 0 Å². The monoisotopic (exact) mass is 270 g/mol. The number of hydrogen-bond acceptors (Lipinski definition) is 6. The average Bonchev–Trinajstić information content (AvgIpc) is 2.67. The van der Waals surface area contributed by atoms with Gasteiger partial charge in [-0.05, 0) is 16.8 Å². The van der Waals surface area contributed by atoms with Crippen molar-refractivity contribution in [2.75, 3.05) is 13.7 Å². The molecule has 106 valence electrons. The second-order valence-electron chi connectivity index (χ2n) is 4.90. The Morgan fingerprint density at radius 1 is 1.68 bits per heavy atom. The summed E-state index contributed by atoms with van der Waals surface area (Å²) in [5.41, 5.74) is 0.402. The van der Waals surface area contributed by atoms with Gasteiger partial charge in [0.25, 0.3) is 0 Å². The summed E-state index contributed by atoms with van der Waals surface area (Å²) in [7, 11) is 1.56. The summed E-state index contributed by atoms with van der Waals surface area (Å²) in [6.07, 6.45) is 1.36. The zero-order valence-corrected chi connectivity index (χ0v) is 11.5. The van der Waals surface area contributed by atoms with Crippen LogP contribution >= 0.6 is 0 Å². The predicted octanol–water partition coefficient (Wildman–Crippen LogP) is 1.60. The van der Waals surface area contributed by atoms with E-state index in [9.17, 15) is 10.1 Å². The molecule has 1 aromatic heterocycles. The summed E-state index contributed by atoms with van der Waals surface area (Å²) in [5, 5.41) is 23.1. The van der Waals surface area contributed by atoms with E-state index in [0.29, 0.717) is 18.0 Å². The number of oxime groups is 1. The molecule has 0 aliphatic heterocycles. The highest BCUT2D eigenvalue weighted by molar-refractivity contribution is 5.89. The van der Waals surface area contributed by atoms with Gasteiger partial charge in [0, 0.05) is 12.5 Å². The van der Waals surface area contributed by atoms with Gasteiger partial charge < -0.3 is 24.6 Å². The lowest BCUT2D eigenvalue weighted by atomic mass is 9.88. The number of ether oxygens (including phenoxy) is 1. The van der Waals surface area contributed by atoms with Crippen molar-refractivity contribution in [1.82, 2.24) is 9.55 Å². The fourth-order valence-electron chi connectivity index (χ4n) is 1.76. The first-order chi connectivity index (χ1) is 8.83. The Bertz CT molecular complexity index is 493. The van der Waals surface area contributed by atoms with Crippen molar-refractivity contribution in [3.05, 3.63) is 22.1 Å². The van der Waals surface area contributed by atoms with Crippen LogP contribution in [0.5, 0.6) is 0 Å². The van der Waals surface area contributed by atoms with E-state index in [1.54, 1.807) is 18.6 Å². The number of nitrogens with zero attached hydrogens (tertiary/aromatic N) is 4. The summed E-state index contributed by atoms with van der Waals surface area (Å²) in [6, 6.07) is 0. The summed E-state index contributed by atoms with van der Waals surface area (Å²) in [5.74, 6) is -0.193. The van der Waals surface area contributed by atoms with E-state index in [1.165, 1.54) is 6.33 Å². The lowest BCUT2D eigenvalue weighted by Crippen LogP contribution is -2.32. The molecule has 0 unspecified atom stereocenters. The van der Waals surface area contributed by atoms with Crippen LogP contribution in [0, 0.1) is 22.5 Å². The fraction of sp³-hybridized carbons (Fsp3) is 0.636. The molecule has 0 amide bonds. The first-order valence-corrected chi connectivity index (χ1v) is 5.70. The van der Waals surface area contributed by atoms with Crippen molar-refractivity contribution >= 4 is 11.5 Å². The Labute approximate surface area is 110 Å². The van der Waals surface area contributed by atoms with Crippen LogP contribution in [0.15, 0.2) is 11.5 Å². The van der Waals surface area contributed by atoms with Crippen LogP contribution in [0.1, 0.15) is 19.5 Å². The molecule has 0 spiro atoms. The Morgan fingerprint density at radius 2 is 2.32 bits per heavy atom. The largest absolute Gasteiger partial charge is 0.411 e. The highest BCUT2D eigenvalue weighted by Crippen LogP contribution is 2.21. The number of hydrogen-bond donors (Lipinski definition) is 1. The molecule has 0 aliphatic carbocycles. The summed E-state index contributed by atoms with van der Waals surface area (Å²) in [4.78, 5) is 13.9. The number of methoxy groups -OCH3 is 1. The third kappa shape index (κ3) is 3.28. The molecule has 0 aromatic carbocycles. The van der Waals surface area contributed by atoms with E-state index < -0.39 is 10.3 Å². The van der Waals surface area contributed by atoms with Gasteiger partial charge in [-0.2, -0.15) is 0 Å². The molecule has 0 aliphatic rings. The maximum atomic E-state index is 10.7. The minimum Gasteiger partial charge on any atom is -0.411 e. The lowest BCUT2D eigenvalue weighted by molar-refractivity contribution is -0.389. The molecular weight excluding hydrogens is 252 g/mol. The van der Waals surface area contributed by atoms with E-state index in [-0.39, 0.29) is 12.4 Å². The zero-order valence-electron chi connectivity index (χ0n) is 11.5. The van der Waals surface area contributed by atoms with Gasteiger partial charge in [-0.1, -0.05) is 19.0 Å². The average molecular weight is 270 g/mol. The number of nitro groups is 1. The maximum Gasteiger partial charge on any atom is 0.384 e. The molecule has 1 heterocycles.